The summed E-state index contributed by atoms with van der Waals surface area (Å²) in [7, 11) is 0. The third-order valence-corrected chi connectivity index (χ3v) is 4.21. The van der Waals surface area contributed by atoms with Crippen LogP contribution in [0.5, 0.6) is 5.75 Å². The molecule has 2 aromatic rings. The Bertz CT molecular complexity index is 855. The summed E-state index contributed by atoms with van der Waals surface area (Å²) in [5, 5.41) is 0. The molecule has 1 N–H and O–H groups in total. The number of Topliss-reactive ketones (excluding diaryl/α,β-unsaturated/α-hetero) is 1. The van der Waals surface area contributed by atoms with Crippen molar-refractivity contribution in [2.24, 2.45) is 0 Å². The van der Waals surface area contributed by atoms with Gasteiger partial charge in [0.15, 0.2) is 12.2 Å². The number of aromatic amines is 1. The van der Waals surface area contributed by atoms with E-state index in [2.05, 4.69) is 4.98 Å². The third-order valence-electron chi connectivity index (χ3n) is 4.21. The summed E-state index contributed by atoms with van der Waals surface area (Å²) in [6, 6.07) is 8.86. The maximum absolute atomic E-state index is 12.7. The third kappa shape index (κ3) is 4.79. The normalized spacial score (nSPS) is 12.8. The first-order chi connectivity index (χ1) is 13.3. The van der Waals surface area contributed by atoms with Gasteiger partial charge in [-0.05, 0) is 52.3 Å². The van der Waals surface area contributed by atoms with Crippen LogP contribution in [-0.2, 0) is 14.3 Å². The minimum Gasteiger partial charge on any atom is -0.479 e. The zero-order valence-electron chi connectivity index (χ0n) is 16.7. The number of esters is 2. The Hall–Kier alpha value is -3.09. The Morgan fingerprint density at radius 2 is 1.68 bits per heavy atom. The molecule has 0 radical (unpaired) electrons. The molecular weight excluding hydrogens is 362 g/mol. The number of carbonyl (C=O) groups excluding carboxylic acids is 3. The van der Waals surface area contributed by atoms with Crippen LogP contribution in [0.25, 0.3) is 0 Å². The summed E-state index contributed by atoms with van der Waals surface area (Å²) >= 11 is 0. The zero-order valence-corrected chi connectivity index (χ0v) is 16.7. The van der Waals surface area contributed by atoms with Gasteiger partial charge in [0, 0.05) is 5.69 Å². The number of hydrogen-bond acceptors (Lipinski definition) is 6. The molecule has 2 rings (SSSR count). The zero-order chi connectivity index (χ0) is 20.8. The van der Waals surface area contributed by atoms with Crippen LogP contribution >= 0.6 is 0 Å². The Morgan fingerprint density at radius 1 is 1.04 bits per heavy atom. The number of nitrogens with one attached hydrogen (secondary N) is 1. The fourth-order valence-electron chi connectivity index (χ4n) is 2.78. The molecule has 0 aliphatic rings. The molecule has 7 nitrogen and oxygen atoms in total. The molecule has 0 saturated carbocycles. The average Bonchev–Trinajstić information content (AvgIpc) is 2.96. The summed E-state index contributed by atoms with van der Waals surface area (Å²) in [6.07, 6.45) is -1.92. The minimum absolute atomic E-state index is 0.220. The van der Waals surface area contributed by atoms with Gasteiger partial charge in [0.1, 0.15) is 5.75 Å². The van der Waals surface area contributed by atoms with Gasteiger partial charge >= 0.3 is 11.9 Å². The summed E-state index contributed by atoms with van der Waals surface area (Å²) in [5.74, 6) is -1.06. The molecule has 0 amide bonds. The quantitative estimate of drug-likeness (QED) is 0.551. The first-order valence-corrected chi connectivity index (χ1v) is 9.08. The maximum Gasteiger partial charge on any atom is 0.347 e. The van der Waals surface area contributed by atoms with Gasteiger partial charge in [-0.1, -0.05) is 18.2 Å². The standard InChI is InChI=1S/C21H25NO6/c1-6-26-21(25)17-12(2)18(22-13(17)3)19(23)14(4)28-20(24)15(5)27-16-10-8-7-9-11-16/h7-11,14-15,22H,6H2,1-5H3. The van der Waals surface area contributed by atoms with E-state index in [9.17, 15) is 14.4 Å². The van der Waals surface area contributed by atoms with Crippen molar-refractivity contribution in [2.45, 2.75) is 46.8 Å². The highest BCUT2D eigenvalue weighted by molar-refractivity contribution is 6.04. The number of para-hydroxylation sites is 1. The van der Waals surface area contributed by atoms with Gasteiger partial charge in [0.05, 0.1) is 17.9 Å². The molecule has 150 valence electrons. The monoisotopic (exact) mass is 387 g/mol. The molecule has 1 heterocycles. The maximum atomic E-state index is 12.7. The number of benzene rings is 1. The van der Waals surface area contributed by atoms with Crippen LogP contribution in [0.3, 0.4) is 0 Å². The molecule has 0 spiro atoms. The van der Waals surface area contributed by atoms with E-state index in [1.54, 1.807) is 52.0 Å². The average molecular weight is 387 g/mol. The number of H-pyrrole nitrogens is 1. The minimum atomic E-state index is -1.04. The van der Waals surface area contributed by atoms with E-state index in [1.807, 2.05) is 6.07 Å². The first kappa shape index (κ1) is 21.2. The molecule has 2 atom stereocenters. The van der Waals surface area contributed by atoms with Gasteiger partial charge in [0.25, 0.3) is 0 Å². The van der Waals surface area contributed by atoms with Crippen molar-refractivity contribution in [2.75, 3.05) is 6.61 Å². The molecule has 0 aliphatic carbocycles. The second kappa shape index (κ2) is 9.21. The number of ketones is 1. The van der Waals surface area contributed by atoms with E-state index < -0.39 is 29.9 Å². The van der Waals surface area contributed by atoms with Crippen LogP contribution in [0.15, 0.2) is 30.3 Å². The van der Waals surface area contributed by atoms with Crippen molar-refractivity contribution in [1.29, 1.82) is 0 Å². The Balaban J connectivity index is 2.07. The van der Waals surface area contributed by atoms with Gasteiger partial charge in [0.2, 0.25) is 5.78 Å². The van der Waals surface area contributed by atoms with Crippen molar-refractivity contribution in [1.82, 2.24) is 4.98 Å². The lowest BCUT2D eigenvalue weighted by Crippen LogP contribution is -2.33. The highest BCUT2D eigenvalue weighted by atomic mass is 16.6. The lowest BCUT2D eigenvalue weighted by atomic mass is 10.1. The second-order valence-corrected chi connectivity index (χ2v) is 6.36. The molecule has 1 aromatic carbocycles. The molecule has 0 saturated heterocycles. The number of aryl methyl sites for hydroxylation is 1. The molecule has 2 unspecified atom stereocenters. The summed E-state index contributed by atoms with van der Waals surface area (Å²) in [5.41, 5.74) is 1.54. The highest BCUT2D eigenvalue weighted by Crippen LogP contribution is 2.21. The fourth-order valence-corrected chi connectivity index (χ4v) is 2.78. The molecule has 7 heteroatoms. The molecule has 0 aliphatic heterocycles. The van der Waals surface area contributed by atoms with Crippen LogP contribution in [0.2, 0.25) is 0 Å². The van der Waals surface area contributed by atoms with E-state index in [4.69, 9.17) is 14.2 Å². The van der Waals surface area contributed by atoms with Crippen molar-refractivity contribution >= 4 is 17.7 Å². The van der Waals surface area contributed by atoms with E-state index in [0.717, 1.165) is 0 Å². The molecule has 0 bridgehead atoms. The predicted molar refractivity (Wildman–Crippen MR) is 103 cm³/mol. The van der Waals surface area contributed by atoms with Gasteiger partial charge in [-0.25, -0.2) is 9.59 Å². The molecule has 1 aromatic heterocycles. The van der Waals surface area contributed by atoms with Crippen LogP contribution in [-0.4, -0.2) is 41.5 Å². The summed E-state index contributed by atoms with van der Waals surface area (Å²) in [6.45, 7) is 8.31. The van der Waals surface area contributed by atoms with Crippen molar-refractivity contribution in [3.8, 4) is 5.75 Å². The lowest BCUT2D eigenvalue weighted by Gasteiger charge is -2.17. The smallest absolute Gasteiger partial charge is 0.347 e. The highest BCUT2D eigenvalue weighted by Gasteiger charge is 2.29. The molecular formula is C21H25NO6. The first-order valence-electron chi connectivity index (χ1n) is 9.08. The van der Waals surface area contributed by atoms with Crippen molar-refractivity contribution in [3.63, 3.8) is 0 Å². The van der Waals surface area contributed by atoms with E-state index in [1.165, 1.54) is 6.92 Å². The topological polar surface area (TPSA) is 94.7 Å². The Kier molecular flexibility index (Phi) is 6.98. The number of rotatable bonds is 8. The van der Waals surface area contributed by atoms with Gasteiger partial charge < -0.3 is 19.2 Å². The summed E-state index contributed by atoms with van der Waals surface area (Å²) in [4.78, 5) is 40.0. The predicted octanol–water partition coefficient (Wildman–Crippen LogP) is 3.39. The van der Waals surface area contributed by atoms with E-state index >= 15 is 0 Å². The Morgan fingerprint density at radius 3 is 2.29 bits per heavy atom. The number of aromatic nitrogens is 1. The number of carbonyl (C=O) groups is 3. The number of hydrogen-bond donors (Lipinski definition) is 1. The van der Waals surface area contributed by atoms with Gasteiger partial charge in [-0.3, -0.25) is 4.79 Å². The van der Waals surface area contributed by atoms with E-state index in [0.29, 0.717) is 22.6 Å². The van der Waals surface area contributed by atoms with E-state index in [-0.39, 0.29) is 12.3 Å². The summed E-state index contributed by atoms with van der Waals surface area (Å²) < 4.78 is 15.8. The van der Waals surface area contributed by atoms with Gasteiger partial charge in [-0.15, -0.1) is 0 Å². The molecule has 28 heavy (non-hydrogen) atoms. The van der Waals surface area contributed by atoms with Crippen molar-refractivity contribution in [3.05, 3.63) is 52.8 Å². The van der Waals surface area contributed by atoms with Gasteiger partial charge in [-0.2, -0.15) is 0 Å². The van der Waals surface area contributed by atoms with Crippen LogP contribution in [0.1, 0.15) is 52.9 Å². The number of ether oxygens (including phenoxy) is 3. The van der Waals surface area contributed by atoms with Crippen LogP contribution < -0.4 is 4.74 Å². The SMILES string of the molecule is CCOC(=O)c1c(C)[nH]c(C(=O)C(C)OC(=O)C(C)Oc2ccccc2)c1C. The van der Waals surface area contributed by atoms with Crippen LogP contribution in [0.4, 0.5) is 0 Å². The fraction of sp³-hybridized carbons (Fsp3) is 0.381. The lowest BCUT2D eigenvalue weighted by molar-refractivity contribution is -0.153. The van der Waals surface area contributed by atoms with Crippen molar-refractivity contribution < 1.29 is 28.6 Å². The second-order valence-electron chi connectivity index (χ2n) is 6.36. The van der Waals surface area contributed by atoms with Crippen LogP contribution in [0, 0.1) is 13.8 Å². The molecule has 0 fully saturated rings. The Labute approximate surface area is 164 Å². The largest absolute Gasteiger partial charge is 0.479 e.